The third kappa shape index (κ3) is 39.3. The number of ether oxygens (including phenoxy) is 7. The molecule has 1 aliphatic carbocycles. The van der Waals surface area contributed by atoms with Crippen LogP contribution in [0.15, 0.2) is 12.2 Å². The van der Waals surface area contributed by atoms with Gasteiger partial charge >= 0.3 is 25.7 Å². The summed E-state index contributed by atoms with van der Waals surface area (Å²) < 4.78 is 65.1. The van der Waals surface area contributed by atoms with Crippen LogP contribution in [-0.2, 0) is 61.2 Å². The second kappa shape index (κ2) is 57.0. The molecule has 588 valence electrons. The minimum Gasteiger partial charge on any atom is -0.463 e. The van der Waals surface area contributed by atoms with Gasteiger partial charge in [0.15, 0.2) is 18.7 Å². The topological polar surface area (TPSA) is 374 Å². The number of rotatable bonds is 62. The standard InChI is InChI=1S/C75H139O24P/c1-4-7-10-13-16-19-22-25-27-28-30-33-36-39-42-45-48-51-61(79)94-56(53-91-59(77)49-46-43-40-37-34-31-24-21-18-15-12-9-6-3)54-93-100(89,90)99-73-71(97-74-69(87)64(82)62(80)57(52-76)95-74)67(85)66(84)68(86)72(73)98-75-70(88)65(83)63(81)58(96-75)55-92-60(78)50-47-44-41-38-35-32-29-26-23-20-17-14-11-8-5-2/h31,34,56-58,62-76,80-88H,4-30,32-33,35-55H2,1-3H3,(H,89,90)/b34-31-. The molecule has 3 rings (SSSR count). The summed E-state index contributed by atoms with van der Waals surface area (Å²) in [5.41, 5.74) is 0. The molecule has 0 aromatic heterocycles. The minimum absolute atomic E-state index is 0.0279. The van der Waals surface area contributed by atoms with Gasteiger partial charge in [-0.3, -0.25) is 23.4 Å². The van der Waals surface area contributed by atoms with Gasteiger partial charge in [-0.1, -0.05) is 264 Å². The quantitative estimate of drug-likeness (QED) is 0.00886. The van der Waals surface area contributed by atoms with Crippen molar-refractivity contribution in [1.29, 1.82) is 0 Å². The second-order valence-electron chi connectivity index (χ2n) is 28.4. The van der Waals surface area contributed by atoms with Crippen molar-refractivity contribution < 1.29 is 117 Å². The van der Waals surface area contributed by atoms with Gasteiger partial charge in [-0.05, 0) is 44.9 Å². The van der Waals surface area contributed by atoms with Gasteiger partial charge in [0.05, 0.1) is 13.2 Å². The van der Waals surface area contributed by atoms with Crippen molar-refractivity contribution in [3.63, 3.8) is 0 Å². The van der Waals surface area contributed by atoms with Crippen LogP contribution in [0.5, 0.6) is 0 Å². The first kappa shape index (κ1) is 91.9. The van der Waals surface area contributed by atoms with E-state index in [1.54, 1.807) is 0 Å². The van der Waals surface area contributed by atoms with E-state index in [9.17, 15) is 74.9 Å². The lowest BCUT2D eigenvalue weighted by Gasteiger charge is -2.49. The molecule has 2 saturated heterocycles. The first-order chi connectivity index (χ1) is 48.3. The summed E-state index contributed by atoms with van der Waals surface area (Å²) in [5.74, 6) is -1.99. The summed E-state index contributed by atoms with van der Waals surface area (Å²) >= 11 is 0. The van der Waals surface area contributed by atoms with E-state index in [1.807, 2.05) is 0 Å². The lowest BCUT2D eigenvalue weighted by Crippen LogP contribution is -2.69. The number of aliphatic hydroxyl groups excluding tert-OH is 10. The van der Waals surface area contributed by atoms with E-state index < -0.39 is 156 Å². The highest BCUT2D eigenvalue weighted by Gasteiger charge is 2.58. The molecule has 0 aromatic carbocycles. The Hall–Kier alpha value is -2.30. The fourth-order valence-corrected chi connectivity index (χ4v) is 14.1. The van der Waals surface area contributed by atoms with Gasteiger partial charge in [-0.2, -0.15) is 0 Å². The van der Waals surface area contributed by atoms with Crippen LogP contribution < -0.4 is 0 Å². The summed E-state index contributed by atoms with van der Waals surface area (Å²) in [5, 5.41) is 110. The Kier molecular flexibility index (Phi) is 52.3. The van der Waals surface area contributed by atoms with Crippen molar-refractivity contribution in [2.75, 3.05) is 26.4 Å². The summed E-state index contributed by atoms with van der Waals surface area (Å²) in [4.78, 5) is 51.1. The minimum atomic E-state index is -5.70. The highest BCUT2D eigenvalue weighted by atomic mass is 31.2. The van der Waals surface area contributed by atoms with Crippen LogP contribution in [0.3, 0.4) is 0 Å². The van der Waals surface area contributed by atoms with Gasteiger partial charge in [0.2, 0.25) is 0 Å². The van der Waals surface area contributed by atoms with E-state index in [-0.39, 0.29) is 19.3 Å². The van der Waals surface area contributed by atoms with Crippen molar-refractivity contribution in [3.8, 4) is 0 Å². The van der Waals surface area contributed by atoms with Crippen LogP contribution in [0, 0.1) is 0 Å². The predicted octanol–water partition coefficient (Wildman–Crippen LogP) is 11.5. The third-order valence-corrected chi connectivity index (χ3v) is 20.5. The van der Waals surface area contributed by atoms with Gasteiger partial charge in [0.25, 0.3) is 0 Å². The van der Waals surface area contributed by atoms with Crippen LogP contribution >= 0.6 is 7.82 Å². The molecule has 3 aliphatic rings. The fourth-order valence-electron chi connectivity index (χ4n) is 13.1. The maximum absolute atomic E-state index is 14.4. The highest BCUT2D eigenvalue weighted by Crippen LogP contribution is 2.49. The molecular formula is C75H139O24P. The monoisotopic (exact) mass is 1450 g/mol. The molecule has 100 heavy (non-hydrogen) atoms. The molecule has 0 bridgehead atoms. The molecule has 11 N–H and O–H groups in total. The molecule has 0 aromatic rings. The number of hydrogen-bond acceptors (Lipinski definition) is 23. The van der Waals surface area contributed by atoms with Crippen LogP contribution in [0.4, 0.5) is 0 Å². The molecule has 1 saturated carbocycles. The van der Waals surface area contributed by atoms with Crippen LogP contribution in [0.1, 0.15) is 316 Å². The van der Waals surface area contributed by atoms with E-state index in [0.29, 0.717) is 19.3 Å². The maximum Gasteiger partial charge on any atom is 0.472 e. The zero-order chi connectivity index (χ0) is 73.2. The number of aliphatic hydroxyl groups is 10. The number of hydrogen-bond donors (Lipinski definition) is 11. The third-order valence-electron chi connectivity index (χ3n) is 19.5. The van der Waals surface area contributed by atoms with Crippen LogP contribution in [0.25, 0.3) is 0 Å². The Morgan fingerprint density at radius 3 is 1.09 bits per heavy atom. The molecule has 18 unspecified atom stereocenters. The summed E-state index contributed by atoms with van der Waals surface area (Å²) in [6.45, 7) is 3.46. The first-order valence-corrected chi connectivity index (χ1v) is 41.0. The molecule has 3 fully saturated rings. The number of unbranched alkanes of at least 4 members (excludes halogenated alkanes) is 39. The SMILES string of the molecule is CCCCCCCC/C=C\CCCCCC(=O)OCC(COP(=O)(O)OC1C(OC2OC(CO)C(O)C(O)C2O)C(O)C(O)C(O)C1OC1OC(COC(=O)CCCCCCCCCCCCCCCCC)C(O)C(O)C1O)OC(=O)CCCCCCCCCCCCCCCCCCC. The first-order valence-electron chi connectivity index (χ1n) is 39.5. The molecule has 2 aliphatic heterocycles. The zero-order valence-corrected chi connectivity index (χ0v) is 62.4. The molecule has 0 spiro atoms. The average molecular weight is 1460 g/mol. The summed E-state index contributed by atoms with van der Waals surface area (Å²) in [6, 6.07) is 0. The summed E-state index contributed by atoms with van der Waals surface area (Å²) in [7, 11) is -5.70. The van der Waals surface area contributed by atoms with Gasteiger partial charge in [-0.25, -0.2) is 4.57 Å². The highest BCUT2D eigenvalue weighted by molar-refractivity contribution is 7.47. The van der Waals surface area contributed by atoms with E-state index in [2.05, 4.69) is 32.9 Å². The molecular weight excluding hydrogens is 1320 g/mol. The van der Waals surface area contributed by atoms with Gasteiger partial charge in [-0.15, -0.1) is 0 Å². The predicted molar refractivity (Wildman–Crippen MR) is 379 cm³/mol. The number of carbonyl (C=O) groups is 3. The van der Waals surface area contributed by atoms with Crippen molar-refractivity contribution >= 4 is 25.7 Å². The molecule has 18 atom stereocenters. The number of esters is 3. The van der Waals surface area contributed by atoms with Crippen LogP contribution in [-0.4, -0.2) is 204 Å². The molecule has 0 radical (unpaired) electrons. The molecule has 2 heterocycles. The number of phosphoric ester groups is 1. The molecule has 25 heteroatoms. The molecule has 24 nitrogen and oxygen atoms in total. The number of carbonyl (C=O) groups excluding carboxylic acids is 3. The Morgan fingerprint density at radius 2 is 0.700 bits per heavy atom. The second-order valence-corrected chi connectivity index (χ2v) is 29.8. The number of allylic oxidation sites excluding steroid dienone is 2. The van der Waals surface area contributed by atoms with Gasteiger partial charge in [0.1, 0.15) is 98.7 Å². The van der Waals surface area contributed by atoms with E-state index >= 15 is 0 Å². The lowest BCUT2D eigenvalue weighted by atomic mass is 9.84. The lowest BCUT2D eigenvalue weighted by molar-refractivity contribution is -0.360. The smallest absolute Gasteiger partial charge is 0.463 e. The van der Waals surface area contributed by atoms with Gasteiger partial charge in [0, 0.05) is 19.3 Å². The van der Waals surface area contributed by atoms with Crippen molar-refractivity contribution in [3.05, 3.63) is 12.2 Å². The van der Waals surface area contributed by atoms with E-state index in [4.69, 9.17) is 42.2 Å². The van der Waals surface area contributed by atoms with Crippen molar-refractivity contribution in [1.82, 2.24) is 0 Å². The molecule has 0 amide bonds. The van der Waals surface area contributed by atoms with Crippen molar-refractivity contribution in [2.45, 2.75) is 420 Å². The Labute approximate surface area is 599 Å². The maximum atomic E-state index is 14.4. The normalized spacial score (nSPS) is 27.3. The van der Waals surface area contributed by atoms with E-state index in [0.717, 1.165) is 96.3 Å². The van der Waals surface area contributed by atoms with Crippen LogP contribution in [0.2, 0.25) is 0 Å². The average Bonchev–Trinajstić information content (AvgIpc) is 0.761. The Morgan fingerprint density at radius 1 is 0.380 bits per heavy atom. The summed E-state index contributed by atoms with van der Waals surface area (Å²) in [6.07, 6.45) is 16.9. The fraction of sp³-hybridized carbons (Fsp3) is 0.933. The Bertz CT molecular complexity index is 2110. The zero-order valence-electron chi connectivity index (χ0n) is 61.5. The van der Waals surface area contributed by atoms with E-state index in [1.165, 1.54) is 161 Å². The van der Waals surface area contributed by atoms with Crippen molar-refractivity contribution in [2.24, 2.45) is 0 Å². The van der Waals surface area contributed by atoms with Gasteiger partial charge < -0.3 is 89.1 Å². The number of phosphoric acid groups is 1. The Balaban J connectivity index is 1.71. The largest absolute Gasteiger partial charge is 0.472 e.